The number of fused-ring (bicyclic) bond motifs is 1. The summed E-state index contributed by atoms with van der Waals surface area (Å²) in [6.45, 7) is -0.180. The first-order chi connectivity index (χ1) is 13.6. The predicted molar refractivity (Wildman–Crippen MR) is 104 cm³/mol. The largest absolute Gasteiger partial charge is 0.494 e. The minimum Gasteiger partial charge on any atom is -0.494 e. The Bertz CT molecular complexity index is 1120. The molecule has 2 heterocycles. The van der Waals surface area contributed by atoms with E-state index in [0.29, 0.717) is 28.1 Å². The van der Waals surface area contributed by atoms with E-state index in [9.17, 15) is 4.79 Å². The summed E-state index contributed by atoms with van der Waals surface area (Å²) in [6, 6.07) is 12.8. The summed E-state index contributed by atoms with van der Waals surface area (Å²) in [4.78, 5) is 15.3. The number of carbonyl (C=O) groups is 1. The number of methoxy groups -OCH3 is 1. The van der Waals surface area contributed by atoms with Crippen LogP contribution in [-0.2, 0) is 4.79 Å². The molecule has 0 aliphatic heterocycles. The fourth-order valence-corrected chi connectivity index (χ4v) is 3.34. The molecule has 2 aromatic heterocycles. The van der Waals surface area contributed by atoms with Crippen LogP contribution in [0.3, 0.4) is 0 Å². The molecule has 9 nitrogen and oxygen atoms in total. The van der Waals surface area contributed by atoms with E-state index in [4.69, 9.17) is 19.6 Å². The zero-order chi connectivity index (χ0) is 19.5. The maximum absolute atomic E-state index is 10.8. The molecule has 142 valence electrons. The third-order valence-electron chi connectivity index (χ3n) is 3.72. The van der Waals surface area contributed by atoms with E-state index in [1.165, 1.54) is 11.3 Å². The molecule has 0 unspecified atom stereocenters. The van der Waals surface area contributed by atoms with Crippen LogP contribution in [0.1, 0.15) is 0 Å². The second-order valence-electron chi connectivity index (χ2n) is 5.64. The van der Waals surface area contributed by atoms with Crippen molar-refractivity contribution in [2.24, 2.45) is 5.73 Å². The second kappa shape index (κ2) is 7.53. The Hall–Kier alpha value is -3.66. The molecular weight excluding hydrogens is 382 g/mol. The summed E-state index contributed by atoms with van der Waals surface area (Å²) in [6.07, 6.45) is 0. The molecule has 28 heavy (non-hydrogen) atoms. The van der Waals surface area contributed by atoms with Gasteiger partial charge in [-0.3, -0.25) is 10.1 Å². The van der Waals surface area contributed by atoms with Crippen LogP contribution in [-0.4, -0.2) is 34.8 Å². The third kappa shape index (κ3) is 3.71. The molecule has 0 spiro atoms. The minimum absolute atomic E-state index is 0.180. The van der Waals surface area contributed by atoms with Crippen LogP contribution in [0, 0.1) is 0 Å². The van der Waals surface area contributed by atoms with Crippen LogP contribution in [0.5, 0.6) is 11.5 Å². The van der Waals surface area contributed by atoms with Crippen LogP contribution in [0.15, 0.2) is 46.9 Å². The summed E-state index contributed by atoms with van der Waals surface area (Å²) < 4.78 is 17.2. The number of anilines is 2. The average molecular weight is 397 g/mol. The van der Waals surface area contributed by atoms with Crippen molar-refractivity contribution < 1.29 is 18.7 Å². The molecule has 0 aliphatic rings. The zero-order valence-electron chi connectivity index (χ0n) is 14.7. The fourth-order valence-electron chi connectivity index (χ4n) is 2.47. The van der Waals surface area contributed by atoms with Crippen molar-refractivity contribution in [1.82, 2.24) is 15.2 Å². The molecule has 0 bridgehead atoms. The van der Waals surface area contributed by atoms with Gasteiger partial charge in [-0.1, -0.05) is 22.5 Å². The molecule has 0 saturated heterocycles. The summed E-state index contributed by atoms with van der Waals surface area (Å²) in [5.41, 5.74) is 6.53. The highest BCUT2D eigenvalue weighted by atomic mass is 32.1. The zero-order valence-corrected chi connectivity index (χ0v) is 15.5. The number of hydrogen-bond donors (Lipinski definition) is 2. The van der Waals surface area contributed by atoms with E-state index < -0.39 is 5.91 Å². The normalized spacial score (nSPS) is 10.8. The molecule has 0 saturated carbocycles. The van der Waals surface area contributed by atoms with Gasteiger partial charge in [-0.2, -0.15) is 0 Å². The Balaban J connectivity index is 1.49. The molecule has 0 atom stereocenters. The van der Waals surface area contributed by atoms with E-state index in [1.807, 2.05) is 18.2 Å². The first-order valence-corrected chi connectivity index (χ1v) is 8.99. The summed E-state index contributed by atoms with van der Waals surface area (Å²) in [5.74, 6) is 1.02. The molecule has 1 amide bonds. The summed E-state index contributed by atoms with van der Waals surface area (Å²) >= 11 is 1.45. The molecule has 4 aromatic rings. The molecule has 10 heteroatoms. The first kappa shape index (κ1) is 17.7. The maximum atomic E-state index is 10.8. The smallest absolute Gasteiger partial charge is 0.322 e. The van der Waals surface area contributed by atoms with Crippen molar-refractivity contribution >= 4 is 38.6 Å². The quantitative estimate of drug-likeness (QED) is 0.487. The Morgan fingerprint density at radius 3 is 2.79 bits per heavy atom. The second-order valence-corrected chi connectivity index (χ2v) is 6.67. The number of amides is 1. The van der Waals surface area contributed by atoms with Crippen LogP contribution >= 0.6 is 11.3 Å². The van der Waals surface area contributed by atoms with Gasteiger partial charge in [-0.15, -0.1) is 5.10 Å². The molecule has 0 fully saturated rings. The average Bonchev–Trinajstić information content (AvgIpc) is 3.33. The first-order valence-electron chi connectivity index (χ1n) is 8.18. The van der Waals surface area contributed by atoms with Crippen molar-refractivity contribution in [1.29, 1.82) is 0 Å². The monoisotopic (exact) mass is 397 g/mol. The van der Waals surface area contributed by atoms with Gasteiger partial charge in [0, 0.05) is 5.56 Å². The van der Waals surface area contributed by atoms with E-state index in [1.54, 1.807) is 31.4 Å². The number of ether oxygens (including phenoxy) is 2. The van der Waals surface area contributed by atoms with Crippen LogP contribution in [0.25, 0.3) is 21.7 Å². The van der Waals surface area contributed by atoms with Crippen molar-refractivity contribution in [3.63, 3.8) is 0 Å². The van der Waals surface area contributed by atoms with Gasteiger partial charge in [0.05, 0.1) is 11.8 Å². The fraction of sp³-hybridized carbons (Fsp3) is 0.111. The molecule has 3 N–H and O–H groups in total. The van der Waals surface area contributed by atoms with Crippen molar-refractivity contribution in [3.05, 3.63) is 42.5 Å². The molecular formula is C18H15N5O4S. The Morgan fingerprint density at radius 1 is 1.21 bits per heavy atom. The van der Waals surface area contributed by atoms with Crippen LogP contribution in [0.4, 0.5) is 11.1 Å². The highest BCUT2D eigenvalue weighted by molar-refractivity contribution is 7.22. The van der Waals surface area contributed by atoms with Gasteiger partial charge in [0.25, 0.3) is 5.91 Å². The Morgan fingerprint density at radius 2 is 2.04 bits per heavy atom. The lowest BCUT2D eigenvalue weighted by Crippen LogP contribution is -2.19. The molecule has 0 radical (unpaired) electrons. The summed E-state index contributed by atoms with van der Waals surface area (Å²) in [5, 5.41) is 11.7. The molecule has 4 rings (SSSR count). The van der Waals surface area contributed by atoms with Crippen molar-refractivity contribution in [3.8, 4) is 23.0 Å². The lowest BCUT2D eigenvalue weighted by molar-refractivity contribution is -0.119. The van der Waals surface area contributed by atoms with Gasteiger partial charge < -0.3 is 19.6 Å². The predicted octanol–water partition coefficient (Wildman–Crippen LogP) is 2.96. The third-order valence-corrected chi connectivity index (χ3v) is 4.66. The SMILES string of the molecule is COc1cccc2sc(Nc3nnc(-c4ccc(OCC(N)=O)cc4)o3)nc12. The number of primary amides is 1. The maximum Gasteiger partial charge on any atom is 0.322 e. The number of rotatable bonds is 7. The number of benzene rings is 2. The number of para-hydroxylation sites is 1. The number of hydrogen-bond acceptors (Lipinski definition) is 9. The topological polar surface area (TPSA) is 125 Å². The van der Waals surface area contributed by atoms with Gasteiger partial charge in [0.15, 0.2) is 11.7 Å². The number of carbonyl (C=O) groups excluding carboxylic acids is 1. The van der Waals surface area contributed by atoms with Gasteiger partial charge in [0.2, 0.25) is 5.89 Å². The van der Waals surface area contributed by atoms with Gasteiger partial charge in [-0.25, -0.2) is 4.98 Å². The van der Waals surface area contributed by atoms with E-state index in [-0.39, 0.29) is 12.6 Å². The van der Waals surface area contributed by atoms with Gasteiger partial charge in [-0.05, 0) is 36.4 Å². The molecule has 0 aliphatic carbocycles. The molecule has 2 aromatic carbocycles. The summed E-state index contributed by atoms with van der Waals surface area (Å²) in [7, 11) is 1.61. The number of nitrogens with one attached hydrogen (secondary N) is 1. The number of thiazole rings is 1. The van der Waals surface area contributed by atoms with Gasteiger partial charge >= 0.3 is 6.01 Å². The standard InChI is InChI=1S/C18H15N5O4S/c1-25-12-3-2-4-13-15(12)20-18(28-13)21-17-23-22-16(27-17)10-5-7-11(8-6-10)26-9-14(19)24/h2-8H,9H2,1H3,(H2,19,24)(H,20,21,23). The van der Waals surface area contributed by atoms with E-state index in [0.717, 1.165) is 10.2 Å². The van der Waals surface area contributed by atoms with Crippen LogP contribution < -0.4 is 20.5 Å². The van der Waals surface area contributed by atoms with E-state index >= 15 is 0 Å². The highest BCUT2D eigenvalue weighted by Crippen LogP contribution is 2.33. The minimum atomic E-state index is -0.538. The van der Waals surface area contributed by atoms with E-state index in [2.05, 4.69) is 20.5 Å². The van der Waals surface area contributed by atoms with Crippen LogP contribution in [0.2, 0.25) is 0 Å². The number of nitrogens with zero attached hydrogens (tertiary/aromatic N) is 3. The number of aromatic nitrogens is 3. The Kier molecular flexibility index (Phi) is 4.77. The van der Waals surface area contributed by atoms with Crippen molar-refractivity contribution in [2.45, 2.75) is 0 Å². The highest BCUT2D eigenvalue weighted by Gasteiger charge is 2.13. The Labute approximate surface area is 163 Å². The number of nitrogens with two attached hydrogens (primary N) is 1. The van der Waals surface area contributed by atoms with Crippen molar-refractivity contribution in [2.75, 3.05) is 19.0 Å². The van der Waals surface area contributed by atoms with Gasteiger partial charge in [0.1, 0.15) is 17.0 Å². The lowest BCUT2D eigenvalue weighted by atomic mass is 10.2. The lowest BCUT2D eigenvalue weighted by Gasteiger charge is -2.03.